The van der Waals surface area contributed by atoms with Gasteiger partial charge in [-0.25, -0.2) is 0 Å². The summed E-state index contributed by atoms with van der Waals surface area (Å²) in [6.07, 6.45) is 3.75. The summed E-state index contributed by atoms with van der Waals surface area (Å²) < 4.78 is 5.41. The summed E-state index contributed by atoms with van der Waals surface area (Å²) in [6, 6.07) is 0.563. The Morgan fingerprint density at radius 1 is 1.40 bits per heavy atom. The van der Waals surface area contributed by atoms with Crippen LogP contribution < -0.4 is 10.6 Å². The zero-order valence-corrected chi connectivity index (χ0v) is 10.2. The van der Waals surface area contributed by atoms with E-state index >= 15 is 0 Å². The summed E-state index contributed by atoms with van der Waals surface area (Å²) in [7, 11) is 0. The highest BCUT2D eigenvalue weighted by Crippen LogP contribution is 2.05. The Balaban J connectivity index is 1.95. The van der Waals surface area contributed by atoms with E-state index in [1.165, 1.54) is 25.8 Å². The Labute approximate surface area is 94.0 Å². The monoisotopic (exact) mass is 214 g/mol. The van der Waals surface area contributed by atoms with Crippen LogP contribution in [0.5, 0.6) is 0 Å². The van der Waals surface area contributed by atoms with E-state index in [9.17, 15) is 0 Å². The number of rotatable bonds is 7. The van der Waals surface area contributed by atoms with E-state index < -0.39 is 0 Å². The molecule has 1 atom stereocenters. The lowest BCUT2D eigenvalue weighted by molar-refractivity contribution is 0.0742. The second-order valence-corrected chi connectivity index (χ2v) is 4.40. The van der Waals surface area contributed by atoms with Crippen molar-refractivity contribution in [1.82, 2.24) is 10.6 Å². The zero-order chi connectivity index (χ0) is 10.9. The molecule has 1 saturated heterocycles. The Hall–Kier alpha value is -0.120. The fraction of sp³-hybridized carbons (Fsp3) is 1.00. The van der Waals surface area contributed by atoms with Crippen LogP contribution in [0.3, 0.4) is 0 Å². The van der Waals surface area contributed by atoms with E-state index in [4.69, 9.17) is 4.74 Å². The third-order valence-electron chi connectivity index (χ3n) is 3.26. The zero-order valence-electron chi connectivity index (χ0n) is 10.2. The van der Waals surface area contributed by atoms with Crippen LogP contribution in [0.1, 0.15) is 33.1 Å². The molecule has 0 saturated carbocycles. The fourth-order valence-corrected chi connectivity index (χ4v) is 1.96. The van der Waals surface area contributed by atoms with E-state index in [0.717, 1.165) is 32.2 Å². The molecule has 0 aromatic rings. The van der Waals surface area contributed by atoms with Crippen LogP contribution in [0.4, 0.5) is 0 Å². The van der Waals surface area contributed by atoms with Crippen molar-refractivity contribution in [3.8, 4) is 0 Å². The Morgan fingerprint density at radius 3 is 2.80 bits per heavy atom. The standard InChI is InChI=1S/C12H26N2O/c1-3-11(4-2)9-13-6-5-12-10-15-8-7-14-12/h11-14H,3-10H2,1-2H3. The van der Waals surface area contributed by atoms with Gasteiger partial charge in [0.05, 0.1) is 13.2 Å². The van der Waals surface area contributed by atoms with Crippen molar-refractivity contribution in [1.29, 1.82) is 0 Å². The number of nitrogens with one attached hydrogen (secondary N) is 2. The van der Waals surface area contributed by atoms with Gasteiger partial charge in [0.1, 0.15) is 0 Å². The molecule has 2 N–H and O–H groups in total. The first-order valence-corrected chi connectivity index (χ1v) is 6.38. The maximum atomic E-state index is 5.41. The Bertz CT molecular complexity index is 143. The van der Waals surface area contributed by atoms with Gasteiger partial charge in [0.25, 0.3) is 0 Å². The molecule has 1 aliphatic rings. The predicted molar refractivity (Wildman–Crippen MR) is 64.2 cm³/mol. The lowest BCUT2D eigenvalue weighted by atomic mass is 10.0. The summed E-state index contributed by atoms with van der Waals surface area (Å²) in [5, 5.41) is 7.01. The van der Waals surface area contributed by atoms with Crippen molar-refractivity contribution in [3.63, 3.8) is 0 Å². The van der Waals surface area contributed by atoms with E-state index in [1.807, 2.05) is 0 Å². The van der Waals surface area contributed by atoms with Crippen LogP contribution in [0, 0.1) is 5.92 Å². The van der Waals surface area contributed by atoms with Gasteiger partial charge in [0.2, 0.25) is 0 Å². The molecular formula is C12H26N2O. The maximum Gasteiger partial charge on any atom is 0.0620 e. The lowest BCUT2D eigenvalue weighted by Crippen LogP contribution is -2.43. The van der Waals surface area contributed by atoms with Gasteiger partial charge < -0.3 is 15.4 Å². The van der Waals surface area contributed by atoms with E-state index in [2.05, 4.69) is 24.5 Å². The minimum absolute atomic E-state index is 0.563. The Kier molecular flexibility index (Phi) is 6.98. The first-order chi connectivity index (χ1) is 7.36. The number of ether oxygens (including phenoxy) is 1. The van der Waals surface area contributed by atoms with Gasteiger partial charge in [-0.05, 0) is 25.4 Å². The van der Waals surface area contributed by atoms with E-state index in [-0.39, 0.29) is 0 Å². The van der Waals surface area contributed by atoms with Crippen molar-refractivity contribution >= 4 is 0 Å². The first-order valence-electron chi connectivity index (χ1n) is 6.38. The molecule has 0 spiro atoms. The second kappa shape index (κ2) is 8.08. The van der Waals surface area contributed by atoms with Gasteiger partial charge >= 0.3 is 0 Å². The SMILES string of the molecule is CCC(CC)CNCCC1COCCN1. The molecule has 90 valence electrons. The maximum absolute atomic E-state index is 5.41. The third kappa shape index (κ3) is 5.50. The second-order valence-electron chi connectivity index (χ2n) is 4.40. The Morgan fingerprint density at radius 2 is 2.20 bits per heavy atom. The molecule has 3 heteroatoms. The molecule has 3 nitrogen and oxygen atoms in total. The number of morpholine rings is 1. The largest absolute Gasteiger partial charge is 0.379 e. The molecule has 0 radical (unpaired) electrons. The van der Waals surface area contributed by atoms with Crippen molar-refractivity contribution in [2.75, 3.05) is 32.8 Å². The molecule has 0 bridgehead atoms. The quantitative estimate of drug-likeness (QED) is 0.628. The highest BCUT2D eigenvalue weighted by Gasteiger charge is 2.12. The molecule has 1 unspecified atom stereocenters. The summed E-state index contributed by atoms with van der Waals surface area (Å²) in [5.74, 6) is 0.848. The van der Waals surface area contributed by atoms with Crippen LogP contribution in [0.15, 0.2) is 0 Å². The molecule has 1 heterocycles. The molecule has 1 rings (SSSR count). The highest BCUT2D eigenvalue weighted by atomic mass is 16.5. The van der Waals surface area contributed by atoms with E-state index in [1.54, 1.807) is 0 Å². The average Bonchev–Trinajstić information content (AvgIpc) is 2.31. The topological polar surface area (TPSA) is 33.3 Å². The fourth-order valence-electron chi connectivity index (χ4n) is 1.96. The van der Waals surface area contributed by atoms with Gasteiger partial charge in [-0.15, -0.1) is 0 Å². The van der Waals surface area contributed by atoms with Crippen LogP contribution in [0.25, 0.3) is 0 Å². The van der Waals surface area contributed by atoms with Crippen molar-refractivity contribution < 1.29 is 4.74 Å². The molecule has 1 fully saturated rings. The van der Waals surface area contributed by atoms with Crippen LogP contribution in [-0.2, 0) is 4.74 Å². The van der Waals surface area contributed by atoms with Crippen LogP contribution in [-0.4, -0.2) is 38.9 Å². The number of hydrogen-bond donors (Lipinski definition) is 2. The van der Waals surface area contributed by atoms with Gasteiger partial charge in [0, 0.05) is 12.6 Å². The van der Waals surface area contributed by atoms with Gasteiger partial charge in [0.15, 0.2) is 0 Å². The summed E-state index contributed by atoms with van der Waals surface area (Å²) in [6.45, 7) is 9.58. The molecule has 0 aliphatic carbocycles. The van der Waals surface area contributed by atoms with E-state index in [0.29, 0.717) is 6.04 Å². The smallest absolute Gasteiger partial charge is 0.0620 e. The minimum atomic E-state index is 0.563. The van der Waals surface area contributed by atoms with Gasteiger partial charge in [-0.2, -0.15) is 0 Å². The minimum Gasteiger partial charge on any atom is -0.379 e. The molecule has 15 heavy (non-hydrogen) atoms. The highest BCUT2D eigenvalue weighted by molar-refractivity contribution is 4.71. The summed E-state index contributed by atoms with van der Waals surface area (Å²) in [5.41, 5.74) is 0. The molecule has 0 aromatic heterocycles. The van der Waals surface area contributed by atoms with Crippen molar-refractivity contribution in [2.24, 2.45) is 5.92 Å². The molecular weight excluding hydrogens is 188 g/mol. The summed E-state index contributed by atoms with van der Waals surface area (Å²) >= 11 is 0. The van der Waals surface area contributed by atoms with Crippen molar-refractivity contribution in [3.05, 3.63) is 0 Å². The molecule has 0 aromatic carbocycles. The average molecular weight is 214 g/mol. The van der Waals surface area contributed by atoms with Crippen LogP contribution in [0.2, 0.25) is 0 Å². The number of hydrogen-bond acceptors (Lipinski definition) is 3. The normalized spacial score (nSPS) is 22.2. The predicted octanol–water partition coefficient (Wildman–Crippen LogP) is 1.39. The summed E-state index contributed by atoms with van der Waals surface area (Å²) in [4.78, 5) is 0. The lowest BCUT2D eigenvalue weighted by Gasteiger charge is -2.24. The first kappa shape index (κ1) is 12.9. The third-order valence-corrected chi connectivity index (χ3v) is 3.26. The van der Waals surface area contributed by atoms with Crippen LogP contribution >= 0.6 is 0 Å². The van der Waals surface area contributed by atoms with Gasteiger partial charge in [-0.1, -0.05) is 26.7 Å². The molecule has 0 amide bonds. The molecule has 1 aliphatic heterocycles. The van der Waals surface area contributed by atoms with Gasteiger partial charge in [-0.3, -0.25) is 0 Å². The van der Waals surface area contributed by atoms with Crippen molar-refractivity contribution in [2.45, 2.75) is 39.2 Å².